The molecule has 6 nitrogen and oxygen atoms in total. The largest absolute Gasteiger partial charge is 0.504 e. The second-order valence-electron chi connectivity index (χ2n) is 8.18. The minimum absolute atomic E-state index is 0.0573. The number of hydrogen-bond acceptors (Lipinski definition) is 5. The number of phenols is 2. The number of phenolic OH excluding ortho intramolecular Hbond substituents is 2. The van der Waals surface area contributed by atoms with Crippen LogP contribution in [0.4, 0.5) is 0 Å². The molecule has 6 heteroatoms. The lowest BCUT2D eigenvalue weighted by Gasteiger charge is -2.35. The van der Waals surface area contributed by atoms with E-state index in [-0.39, 0.29) is 22.9 Å². The highest BCUT2D eigenvalue weighted by Gasteiger charge is 2.33. The Morgan fingerprint density at radius 1 is 1.17 bits per heavy atom. The Hall–Kier alpha value is -2.57. The van der Waals surface area contributed by atoms with E-state index in [1.807, 2.05) is 18.2 Å². The van der Waals surface area contributed by atoms with Crippen LogP contribution in [0.25, 0.3) is 0 Å². The molecule has 0 unspecified atom stereocenters. The Morgan fingerprint density at radius 3 is 2.69 bits per heavy atom. The summed E-state index contributed by atoms with van der Waals surface area (Å²) in [5, 5.41) is 22.1. The number of carbonyl (C=O) groups is 1. The van der Waals surface area contributed by atoms with Gasteiger partial charge in [-0.25, -0.2) is 0 Å². The van der Waals surface area contributed by atoms with Crippen LogP contribution in [0.2, 0.25) is 0 Å². The number of methoxy groups -OCH3 is 1. The van der Waals surface area contributed by atoms with Gasteiger partial charge in [0, 0.05) is 37.8 Å². The summed E-state index contributed by atoms with van der Waals surface area (Å²) in [7, 11) is 1.62. The molecular formula is C23H30N2O4. The van der Waals surface area contributed by atoms with E-state index in [9.17, 15) is 15.0 Å². The van der Waals surface area contributed by atoms with Crippen molar-refractivity contribution in [3.63, 3.8) is 0 Å². The summed E-state index contributed by atoms with van der Waals surface area (Å²) in [6.45, 7) is 6.94. The first-order valence-electron chi connectivity index (χ1n) is 9.95. The molecule has 1 aliphatic rings. The quantitative estimate of drug-likeness (QED) is 0.470. The Morgan fingerprint density at radius 2 is 1.97 bits per heavy atom. The molecule has 156 valence electrons. The van der Waals surface area contributed by atoms with E-state index in [1.54, 1.807) is 13.2 Å². The molecule has 0 fully saturated rings. The van der Waals surface area contributed by atoms with Crippen molar-refractivity contribution < 1.29 is 19.7 Å². The van der Waals surface area contributed by atoms with Gasteiger partial charge in [-0.1, -0.05) is 18.2 Å². The summed E-state index contributed by atoms with van der Waals surface area (Å²) in [5.41, 5.74) is 3.93. The second kappa shape index (κ2) is 8.84. The number of benzene rings is 2. The molecule has 0 saturated heterocycles. The second-order valence-corrected chi connectivity index (χ2v) is 8.18. The molecule has 29 heavy (non-hydrogen) atoms. The van der Waals surface area contributed by atoms with E-state index in [1.165, 1.54) is 11.6 Å². The maximum absolute atomic E-state index is 12.6. The fourth-order valence-electron chi connectivity index (χ4n) is 3.76. The van der Waals surface area contributed by atoms with E-state index >= 15 is 0 Å². The van der Waals surface area contributed by atoms with E-state index in [2.05, 4.69) is 30.1 Å². The minimum atomic E-state index is -0.0979. The molecule has 3 rings (SSSR count). The van der Waals surface area contributed by atoms with Crippen molar-refractivity contribution in [2.24, 2.45) is 0 Å². The zero-order valence-electron chi connectivity index (χ0n) is 17.4. The van der Waals surface area contributed by atoms with Crippen molar-refractivity contribution in [2.45, 2.75) is 45.3 Å². The molecule has 3 N–H and O–H groups in total. The first kappa shape index (κ1) is 21.1. The van der Waals surface area contributed by atoms with Crippen LogP contribution in [0.5, 0.6) is 11.5 Å². The van der Waals surface area contributed by atoms with Gasteiger partial charge in [-0.2, -0.15) is 0 Å². The number of nitrogens with zero attached hydrogens (tertiary/aromatic N) is 1. The van der Waals surface area contributed by atoms with Crippen LogP contribution in [0.3, 0.4) is 0 Å². The molecule has 0 aliphatic carbocycles. The Bertz CT molecular complexity index is 879. The summed E-state index contributed by atoms with van der Waals surface area (Å²) in [6, 6.07) is 10.9. The predicted octanol–water partition coefficient (Wildman–Crippen LogP) is 3.20. The van der Waals surface area contributed by atoms with Crippen molar-refractivity contribution in [1.82, 2.24) is 10.2 Å². The average molecular weight is 399 g/mol. The fraction of sp³-hybridized carbons (Fsp3) is 0.435. The van der Waals surface area contributed by atoms with Gasteiger partial charge < -0.3 is 20.3 Å². The van der Waals surface area contributed by atoms with E-state index in [4.69, 9.17) is 4.74 Å². The minimum Gasteiger partial charge on any atom is -0.504 e. The van der Waals surface area contributed by atoms with Crippen LogP contribution in [-0.2, 0) is 24.2 Å². The van der Waals surface area contributed by atoms with Gasteiger partial charge in [0.15, 0.2) is 11.5 Å². The number of fused-ring (bicyclic) bond motifs is 1. The molecular weight excluding hydrogens is 368 g/mol. The monoisotopic (exact) mass is 398 g/mol. The maximum atomic E-state index is 12.6. The van der Waals surface area contributed by atoms with Gasteiger partial charge in [0.05, 0.1) is 6.61 Å². The van der Waals surface area contributed by atoms with Crippen LogP contribution in [0.15, 0.2) is 36.4 Å². The van der Waals surface area contributed by atoms with Gasteiger partial charge in [-0.15, -0.1) is 0 Å². The zero-order valence-corrected chi connectivity index (χ0v) is 17.4. The summed E-state index contributed by atoms with van der Waals surface area (Å²) < 4.78 is 5.01. The average Bonchev–Trinajstić information content (AvgIpc) is 3.14. The topological polar surface area (TPSA) is 82.0 Å². The normalized spacial score (nSPS) is 14.0. The molecule has 0 bridgehead atoms. The summed E-state index contributed by atoms with van der Waals surface area (Å²) in [4.78, 5) is 15.0. The first-order chi connectivity index (χ1) is 13.8. The lowest BCUT2D eigenvalue weighted by Crippen LogP contribution is -2.40. The standard InChI is InChI=1S/C23H30N2O4/c1-23(2,10-9-16-7-8-20(26)21(27)13-16)25-14-17-5-4-6-18(19(17)15-25)22(28)24-11-12-29-3/h4-8,13,26-27H,9-12,14-15H2,1-3H3,(H,24,28). The smallest absolute Gasteiger partial charge is 0.251 e. The van der Waals surface area contributed by atoms with Crippen molar-refractivity contribution in [3.8, 4) is 11.5 Å². The molecule has 0 atom stereocenters. The number of carbonyl (C=O) groups excluding carboxylic acids is 1. The SMILES string of the molecule is COCCNC(=O)c1cccc2c1CN(C(C)(C)CCc1ccc(O)c(O)c1)C2. The third-order valence-corrected chi connectivity index (χ3v) is 5.74. The van der Waals surface area contributed by atoms with E-state index < -0.39 is 0 Å². The molecule has 0 aromatic heterocycles. The molecule has 0 radical (unpaired) electrons. The zero-order chi connectivity index (χ0) is 21.0. The molecule has 1 amide bonds. The molecule has 2 aromatic carbocycles. The number of ether oxygens (including phenoxy) is 1. The van der Waals surface area contributed by atoms with Crippen LogP contribution in [-0.4, -0.2) is 46.8 Å². The first-order valence-corrected chi connectivity index (χ1v) is 9.95. The van der Waals surface area contributed by atoms with Gasteiger partial charge in [0.2, 0.25) is 0 Å². The summed E-state index contributed by atoms with van der Waals surface area (Å²) >= 11 is 0. The summed E-state index contributed by atoms with van der Waals surface area (Å²) in [6.07, 6.45) is 1.68. The molecule has 0 saturated carbocycles. The number of aromatic hydroxyl groups is 2. The number of hydrogen-bond donors (Lipinski definition) is 3. The fourth-order valence-corrected chi connectivity index (χ4v) is 3.76. The lowest BCUT2D eigenvalue weighted by molar-refractivity contribution is 0.0929. The highest BCUT2D eigenvalue weighted by molar-refractivity contribution is 5.96. The number of aryl methyl sites for hydroxylation is 1. The number of nitrogens with one attached hydrogen (secondary N) is 1. The van der Waals surface area contributed by atoms with E-state index in [0.717, 1.165) is 42.6 Å². The van der Waals surface area contributed by atoms with Crippen LogP contribution < -0.4 is 5.32 Å². The Kier molecular flexibility index (Phi) is 6.45. The third kappa shape index (κ3) is 4.89. The van der Waals surface area contributed by atoms with Crippen molar-refractivity contribution in [1.29, 1.82) is 0 Å². The van der Waals surface area contributed by atoms with Crippen molar-refractivity contribution in [3.05, 3.63) is 58.7 Å². The van der Waals surface area contributed by atoms with Gasteiger partial charge in [-0.05, 0) is 61.6 Å². The van der Waals surface area contributed by atoms with Gasteiger partial charge in [0.25, 0.3) is 5.91 Å². The highest BCUT2D eigenvalue weighted by Crippen LogP contribution is 2.34. The third-order valence-electron chi connectivity index (χ3n) is 5.74. The van der Waals surface area contributed by atoms with Crippen LogP contribution >= 0.6 is 0 Å². The molecule has 2 aromatic rings. The van der Waals surface area contributed by atoms with Gasteiger partial charge in [0.1, 0.15) is 0 Å². The molecule has 0 spiro atoms. The lowest BCUT2D eigenvalue weighted by atomic mass is 9.93. The molecule has 1 heterocycles. The molecule has 1 aliphatic heterocycles. The van der Waals surface area contributed by atoms with E-state index in [0.29, 0.717) is 13.2 Å². The predicted molar refractivity (Wildman–Crippen MR) is 112 cm³/mol. The van der Waals surface area contributed by atoms with Crippen LogP contribution in [0.1, 0.15) is 47.3 Å². The summed E-state index contributed by atoms with van der Waals surface area (Å²) in [5.74, 6) is -0.240. The highest BCUT2D eigenvalue weighted by atomic mass is 16.5. The van der Waals surface area contributed by atoms with Crippen LogP contribution in [0, 0.1) is 0 Å². The number of amides is 1. The van der Waals surface area contributed by atoms with Gasteiger partial charge in [-0.3, -0.25) is 9.69 Å². The van der Waals surface area contributed by atoms with Crippen molar-refractivity contribution >= 4 is 5.91 Å². The Balaban J connectivity index is 1.67. The maximum Gasteiger partial charge on any atom is 0.251 e. The van der Waals surface area contributed by atoms with Crippen molar-refractivity contribution in [2.75, 3.05) is 20.3 Å². The number of rotatable bonds is 8. The Labute approximate surface area is 172 Å². The van der Waals surface area contributed by atoms with Gasteiger partial charge >= 0.3 is 0 Å².